The third-order valence-electron chi connectivity index (χ3n) is 7.39. The van der Waals surface area contributed by atoms with Gasteiger partial charge in [-0.15, -0.1) is 0 Å². The summed E-state index contributed by atoms with van der Waals surface area (Å²) in [6, 6.07) is 4.06. The number of aliphatic carboxylic acids is 1. The molecule has 0 fully saturated rings. The van der Waals surface area contributed by atoms with Crippen molar-refractivity contribution in [2.75, 3.05) is 0 Å². The summed E-state index contributed by atoms with van der Waals surface area (Å²) in [4.78, 5) is 59.1. The number of ketones is 4. The third-order valence-corrected chi connectivity index (χ3v) is 7.39. The Morgan fingerprint density at radius 1 is 1.05 bits per heavy atom. The summed E-state index contributed by atoms with van der Waals surface area (Å²) in [6.45, 7) is 13.3. The average molecular weight is 529 g/mol. The van der Waals surface area contributed by atoms with Crippen LogP contribution in [0.4, 0.5) is 0 Å². The number of hydrogen-bond acceptors (Lipinski definition) is 5. The zero-order chi connectivity index (χ0) is 29.0. The van der Waals surface area contributed by atoms with Crippen molar-refractivity contribution in [2.45, 2.75) is 113 Å². The highest BCUT2D eigenvalue weighted by Gasteiger charge is 2.33. The van der Waals surface area contributed by atoms with Gasteiger partial charge in [0.25, 0.3) is 0 Å². The average Bonchev–Trinajstić information content (AvgIpc) is 2.80. The molecule has 1 aliphatic carbocycles. The van der Waals surface area contributed by atoms with Crippen molar-refractivity contribution in [3.63, 3.8) is 0 Å². The van der Waals surface area contributed by atoms with Gasteiger partial charge >= 0.3 is 5.97 Å². The molecule has 1 aromatic carbocycles. The van der Waals surface area contributed by atoms with Gasteiger partial charge < -0.3 is 5.11 Å². The van der Waals surface area contributed by atoms with Gasteiger partial charge in [-0.1, -0.05) is 59.6 Å². The van der Waals surface area contributed by atoms with Crippen LogP contribution in [0.3, 0.4) is 0 Å². The SMILES string of the molecule is CCC(=O)O.CCCC(CC1CC(=O)c2c(ccc(CC(=O)CC(C)C)c2C)C1)C(CC)C(=O)CC(C)=O. The quantitative estimate of drug-likeness (QED) is 0.267. The number of carboxylic acids is 1. The molecule has 0 saturated carbocycles. The van der Waals surface area contributed by atoms with Crippen molar-refractivity contribution in [1.82, 2.24) is 0 Å². The molecule has 1 aliphatic rings. The van der Waals surface area contributed by atoms with E-state index in [1.165, 1.54) is 6.92 Å². The van der Waals surface area contributed by atoms with E-state index in [0.29, 0.717) is 25.2 Å². The van der Waals surface area contributed by atoms with E-state index in [1.807, 2.05) is 39.8 Å². The van der Waals surface area contributed by atoms with Gasteiger partial charge in [-0.05, 0) is 67.6 Å². The molecule has 38 heavy (non-hydrogen) atoms. The van der Waals surface area contributed by atoms with E-state index in [-0.39, 0.29) is 53.7 Å². The van der Waals surface area contributed by atoms with Gasteiger partial charge in [0.05, 0.1) is 6.42 Å². The summed E-state index contributed by atoms with van der Waals surface area (Å²) >= 11 is 0. The second kappa shape index (κ2) is 16.4. The van der Waals surface area contributed by atoms with E-state index in [9.17, 15) is 24.0 Å². The maximum atomic E-state index is 13.2. The van der Waals surface area contributed by atoms with Crippen LogP contribution in [0, 0.1) is 30.6 Å². The fourth-order valence-electron chi connectivity index (χ4n) is 5.70. The molecule has 212 valence electrons. The Kier molecular flexibility index (Phi) is 14.4. The van der Waals surface area contributed by atoms with Crippen LogP contribution in [0.2, 0.25) is 0 Å². The molecule has 3 atom stereocenters. The van der Waals surface area contributed by atoms with Crippen LogP contribution < -0.4 is 0 Å². The second-order valence-electron chi connectivity index (χ2n) is 11.3. The van der Waals surface area contributed by atoms with E-state index in [1.54, 1.807) is 6.92 Å². The number of carbonyl (C=O) groups excluding carboxylic acids is 4. The number of fused-ring (bicyclic) bond motifs is 1. The summed E-state index contributed by atoms with van der Waals surface area (Å²) < 4.78 is 0. The monoisotopic (exact) mass is 528 g/mol. The number of hydrogen-bond donors (Lipinski definition) is 1. The van der Waals surface area contributed by atoms with E-state index in [2.05, 4.69) is 6.92 Å². The standard InChI is InChI=1S/C29H42O4.C3H6O2/c1-7-9-23(26(8-2)27(32)13-19(5)30)14-21-15-24-11-10-22(17-25(31)12-18(3)4)20(6)29(24)28(33)16-21;1-2-3(4)5/h10-11,18,21,23,26H,7-9,12-17H2,1-6H3;2H2,1H3,(H,4,5). The lowest BCUT2D eigenvalue weighted by atomic mass is 9.72. The number of benzene rings is 1. The maximum Gasteiger partial charge on any atom is 0.303 e. The van der Waals surface area contributed by atoms with Crippen molar-refractivity contribution in [3.05, 3.63) is 34.4 Å². The molecule has 1 N–H and O–H groups in total. The predicted octanol–water partition coefficient (Wildman–Crippen LogP) is 6.76. The Balaban J connectivity index is 0.00000132. The molecule has 6 heteroatoms. The minimum atomic E-state index is -0.745. The fourth-order valence-corrected chi connectivity index (χ4v) is 5.70. The molecule has 2 rings (SSSR count). The van der Waals surface area contributed by atoms with E-state index < -0.39 is 5.97 Å². The van der Waals surface area contributed by atoms with Crippen LogP contribution in [0.25, 0.3) is 0 Å². The minimum Gasteiger partial charge on any atom is -0.481 e. The van der Waals surface area contributed by atoms with Crippen molar-refractivity contribution in [2.24, 2.45) is 23.7 Å². The van der Waals surface area contributed by atoms with E-state index >= 15 is 0 Å². The zero-order valence-corrected chi connectivity index (χ0v) is 24.5. The summed E-state index contributed by atoms with van der Waals surface area (Å²) in [5.74, 6) is 0.266. The lowest BCUT2D eigenvalue weighted by Gasteiger charge is -2.32. The molecular formula is C32H48O6. The molecule has 1 aromatic rings. The summed E-state index contributed by atoms with van der Waals surface area (Å²) in [7, 11) is 0. The molecule has 0 saturated heterocycles. The first kappa shape index (κ1) is 33.4. The number of Topliss-reactive ketones (excluding diaryl/α,β-unsaturated/α-hetero) is 4. The van der Waals surface area contributed by atoms with Crippen LogP contribution >= 0.6 is 0 Å². The topological polar surface area (TPSA) is 106 Å². The highest BCUT2D eigenvalue weighted by atomic mass is 16.4. The van der Waals surface area contributed by atoms with Crippen molar-refractivity contribution in [3.8, 4) is 0 Å². The van der Waals surface area contributed by atoms with Crippen LogP contribution in [0.5, 0.6) is 0 Å². The molecule has 0 aromatic heterocycles. The molecule has 0 heterocycles. The molecule has 0 bridgehead atoms. The van der Waals surface area contributed by atoms with Crippen LogP contribution in [-0.2, 0) is 32.0 Å². The third kappa shape index (κ3) is 10.6. The Labute approximate surface area is 229 Å². The van der Waals surface area contributed by atoms with Gasteiger partial charge in [0, 0.05) is 37.2 Å². The molecule has 6 nitrogen and oxygen atoms in total. The molecule has 0 radical (unpaired) electrons. The Morgan fingerprint density at radius 3 is 2.18 bits per heavy atom. The lowest BCUT2D eigenvalue weighted by Crippen LogP contribution is -2.30. The molecule has 0 spiro atoms. The number of carboxylic acid groups (broad SMARTS) is 1. The second-order valence-corrected chi connectivity index (χ2v) is 11.3. The largest absolute Gasteiger partial charge is 0.481 e. The van der Waals surface area contributed by atoms with Crippen LogP contribution in [0.15, 0.2) is 12.1 Å². The van der Waals surface area contributed by atoms with Gasteiger partial charge in [-0.25, -0.2) is 0 Å². The maximum absolute atomic E-state index is 13.2. The number of rotatable bonds is 14. The highest BCUT2D eigenvalue weighted by molar-refractivity contribution is 6.01. The lowest BCUT2D eigenvalue weighted by molar-refractivity contribution is -0.136. The number of carbonyl (C=O) groups is 5. The summed E-state index contributed by atoms with van der Waals surface area (Å²) in [6.07, 6.45) is 6.02. The van der Waals surface area contributed by atoms with Crippen LogP contribution in [0.1, 0.15) is 120 Å². The fraction of sp³-hybridized carbons (Fsp3) is 0.656. The first-order valence-electron chi connectivity index (χ1n) is 14.2. The van der Waals surface area contributed by atoms with Crippen molar-refractivity contribution >= 4 is 29.1 Å². The van der Waals surface area contributed by atoms with E-state index in [0.717, 1.165) is 54.4 Å². The Morgan fingerprint density at radius 2 is 1.68 bits per heavy atom. The Hall–Kier alpha value is -2.63. The van der Waals surface area contributed by atoms with Gasteiger partial charge in [0.15, 0.2) is 5.78 Å². The molecule has 3 unspecified atom stereocenters. The Bertz CT molecular complexity index is 990. The smallest absolute Gasteiger partial charge is 0.303 e. The van der Waals surface area contributed by atoms with Crippen LogP contribution in [-0.4, -0.2) is 34.2 Å². The van der Waals surface area contributed by atoms with E-state index in [4.69, 9.17) is 5.11 Å². The van der Waals surface area contributed by atoms with Gasteiger partial charge in [0.2, 0.25) is 0 Å². The minimum absolute atomic E-state index is 0.0165. The molecular weight excluding hydrogens is 480 g/mol. The van der Waals surface area contributed by atoms with Crippen molar-refractivity contribution in [1.29, 1.82) is 0 Å². The normalized spacial score (nSPS) is 16.2. The molecule has 0 amide bonds. The van der Waals surface area contributed by atoms with Gasteiger partial charge in [-0.2, -0.15) is 0 Å². The van der Waals surface area contributed by atoms with Crippen molar-refractivity contribution < 1.29 is 29.1 Å². The summed E-state index contributed by atoms with van der Waals surface area (Å²) in [5, 5.41) is 7.72. The van der Waals surface area contributed by atoms with Gasteiger partial charge in [-0.3, -0.25) is 24.0 Å². The predicted molar refractivity (Wildman–Crippen MR) is 151 cm³/mol. The first-order valence-corrected chi connectivity index (χ1v) is 14.2. The first-order chi connectivity index (χ1) is 17.8. The van der Waals surface area contributed by atoms with Gasteiger partial charge in [0.1, 0.15) is 17.3 Å². The highest BCUT2D eigenvalue weighted by Crippen LogP contribution is 2.37. The summed E-state index contributed by atoms with van der Waals surface area (Å²) in [5.41, 5.74) is 3.82. The molecule has 0 aliphatic heterocycles. The zero-order valence-electron chi connectivity index (χ0n) is 24.5.